The predicted molar refractivity (Wildman–Crippen MR) is 88.9 cm³/mol. The number of carbonyl (C=O) groups excluding carboxylic acids is 1. The van der Waals surface area contributed by atoms with Gasteiger partial charge in [-0.05, 0) is 50.7 Å². The molecule has 0 spiro atoms. The number of carboxylic acid groups (broad SMARTS) is 1. The number of esters is 1. The standard InChI is InChI=1S/C17H22ClNO4/c1-2-23-16(20)13-9-7-12(8-10-13)11-19(17(21)22)15-6-4-3-5-14(15)18/h3-6,12-13H,2,7-11H2,1H3,(H,21,22). The van der Waals surface area contributed by atoms with Crippen molar-refractivity contribution in [1.29, 1.82) is 0 Å². The summed E-state index contributed by atoms with van der Waals surface area (Å²) in [5.74, 6) is 0.0463. The van der Waals surface area contributed by atoms with E-state index in [-0.39, 0.29) is 17.8 Å². The molecule has 0 atom stereocenters. The van der Waals surface area contributed by atoms with Gasteiger partial charge in [0.25, 0.3) is 0 Å². The Morgan fingerprint density at radius 1 is 1.26 bits per heavy atom. The molecule has 126 valence electrons. The molecule has 1 aromatic carbocycles. The molecule has 1 aliphatic carbocycles. The molecule has 1 amide bonds. The molecule has 0 aliphatic heterocycles. The largest absolute Gasteiger partial charge is 0.466 e. The van der Waals surface area contributed by atoms with E-state index in [1.807, 2.05) is 0 Å². The summed E-state index contributed by atoms with van der Waals surface area (Å²) < 4.78 is 5.06. The Labute approximate surface area is 141 Å². The van der Waals surface area contributed by atoms with E-state index in [9.17, 15) is 14.7 Å². The lowest BCUT2D eigenvalue weighted by Gasteiger charge is -2.31. The van der Waals surface area contributed by atoms with Crippen LogP contribution in [0.25, 0.3) is 0 Å². The number of hydrogen-bond donors (Lipinski definition) is 1. The van der Waals surface area contributed by atoms with Gasteiger partial charge in [0.2, 0.25) is 0 Å². The average Bonchev–Trinajstić information content (AvgIpc) is 2.54. The molecule has 1 N–H and O–H groups in total. The van der Waals surface area contributed by atoms with E-state index in [2.05, 4.69) is 0 Å². The minimum Gasteiger partial charge on any atom is -0.466 e. The zero-order valence-corrected chi connectivity index (χ0v) is 14.0. The molecule has 0 heterocycles. The van der Waals surface area contributed by atoms with Gasteiger partial charge in [-0.1, -0.05) is 23.7 Å². The molecule has 0 saturated heterocycles. The fourth-order valence-corrected chi connectivity index (χ4v) is 3.29. The number of anilines is 1. The van der Waals surface area contributed by atoms with Gasteiger partial charge in [-0.15, -0.1) is 0 Å². The van der Waals surface area contributed by atoms with Crippen LogP contribution in [0.15, 0.2) is 24.3 Å². The van der Waals surface area contributed by atoms with Crippen LogP contribution < -0.4 is 4.90 Å². The van der Waals surface area contributed by atoms with Crippen LogP contribution in [-0.4, -0.2) is 30.3 Å². The van der Waals surface area contributed by atoms with Crippen LogP contribution in [0, 0.1) is 11.8 Å². The topological polar surface area (TPSA) is 66.8 Å². The van der Waals surface area contributed by atoms with Gasteiger partial charge in [-0.2, -0.15) is 0 Å². The smallest absolute Gasteiger partial charge is 0.411 e. The van der Waals surface area contributed by atoms with Crippen molar-refractivity contribution < 1.29 is 19.4 Å². The molecule has 2 rings (SSSR count). The second kappa shape index (κ2) is 8.20. The molecule has 23 heavy (non-hydrogen) atoms. The molecule has 0 unspecified atom stereocenters. The van der Waals surface area contributed by atoms with Crippen LogP contribution in [0.5, 0.6) is 0 Å². The van der Waals surface area contributed by atoms with Crippen molar-refractivity contribution in [1.82, 2.24) is 0 Å². The highest BCUT2D eigenvalue weighted by Gasteiger charge is 2.30. The van der Waals surface area contributed by atoms with Crippen molar-refractivity contribution in [2.45, 2.75) is 32.6 Å². The summed E-state index contributed by atoms with van der Waals surface area (Å²) in [5.41, 5.74) is 0.509. The third-order valence-electron chi connectivity index (χ3n) is 4.28. The quantitative estimate of drug-likeness (QED) is 0.816. The number of nitrogens with zero attached hydrogens (tertiary/aromatic N) is 1. The monoisotopic (exact) mass is 339 g/mol. The van der Waals surface area contributed by atoms with Gasteiger partial charge in [-0.25, -0.2) is 4.79 Å². The minimum absolute atomic E-state index is 0.0511. The van der Waals surface area contributed by atoms with E-state index >= 15 is 0 Å². The predicted octanol–water partition coefficient (Wildman–Crippen LogP) is 4.19. The van der Waals surface area contributed by atoms with Crippen molar-refractivity contribution in [3.8, 4) is 0 Å². The first-order valence-electron chi connectivity index (χ1n) is 7.94. The second-order valence-electron chi connectivity index (χ2n) is 5.81. The van der Waals surface area contributed by atoms with Crippen LogP contribution in [-0.2, 0) is 9.53 Å². The van der Waals surface area contributed by atoms with Crippen LogP contribution >= 0.6 is 11.6 Å². The fourth-order valence-electron chi connectivity index (χ4n) is 3.05. The first kappa shape index (κ1) is 17.6. The van der Waals surface area contributed by atoms with E-state index in [0.717, 1.165) is 25.7 Å². The Morgan fingerprint density at radius 3 is 2.48 bits per heavy atom. The highest BCUT2D eigenvalue weighted by Crippen LogP contribution is 2.33. The Morgan fingerprint density at radius 2 is 1.91 bits per heavy atom. The van der Waals surface area contributed by atoms with E-state index in [4.69, 9.17) is 16.3 Å². The van der Waals surface area contributed by atoms with Gasteiger partial charge in [0.15, 0.2) is 0 Å². The van der Waals surface area contributed by atoms with Crippen LogP contribution in [0.2, 0.25) is 5.02 Å². The number of carbonyl (C=O) groups is 2. The number of hydrogen-bond acceptors (Lipinski definition) is 3. The Balaban J connectivity index is 1.97. The number of rotatable bonds is 5. The van der Waals surface area contributed by atoms with E-state index < -0.39 is 6.09 Å². The van der Waals surface area contributed by atoms with Crippen molar-refractivity contribution in [3.05, 3.63) is 29.3 Å². The minimum atomic E-state index is -1.01. The number of amides is 1. The van der Waals surface area contributed by atoms with Crippen molar-refractivity contribution in [3.63, 3.8) is 0 Å². The summed E-state index contributed by atoms with van der Waals surface area (Å²) >= 11 is 6.11. The zero-order chi connectivity index (χ0) is 16.8. The van der Waals surface area contributed by atoms with E-state index in [1.165, 1.54) is 4.90 Å². The van der Waals surface area contributed by atoms with Gasteiger partial charge in [0.05, 0.1) is 23.2 Å². The third-order valence-corrected chi connectivity index (χ3v) is 4.60. The average molecular weight is 340 g/mol. The Kier molecular flexibility index (Phi) is 6.28. The van der Waals surface area contributed by atoms with Crippen LogP contribution in [0.1, 0.15) is 32.6 Å². The third kappa shape index (κ3) is 4.61. The normalized spacial score (nSPS) is 20.8. The molecule has 5 nitrogen and oxygen atoms in total. The molecule has 0 bridgehead atoms. The molecule has 0 radical (unpaired) electrons. The molecule has 6 heteroatoms. The van der Waals surface area contributed by atoms with Gasteiger partial charge < -0.3 is 9.84 Å². The molecule has 1 aliphatic rings. The lowest BCUT2D eigenvalue weighted by atomic mass is 9.82. The fraction of sp³-hybridized carbons (Fsp3) is 0.529. The summed E-state index contributed by atoms with van der Waals surface area (Å²) in [6.07, 6.45) is 2.12. The number of benzene rings is 1. The first-order valence-corrected chi connectivity index (χ1v) is 8.32. The number of ether oxygens (including phenoxy) is 1. The maximum atomic E-state index is 11.8. The molecule has 1 saturated carbocycles. The molecule has 0 aromatic heterocycles. The second-order valence-corrected chi connectivity index (χ2v) is 6.22. The lowest BCUT2D eigenvalue weighted by Crippen LogP contribution is -2.36. The molecule has 1 aromatic rings. The highest BCUT2D eigenvalue weighted by molar-refractivity contribution is 6.33. The van der Waals surface area contributed by atoms with Gasteiger partial charge >= 0.3 is 12.1 Å². The van der Waals surface area contributed by atoms with E-state index in [1.54, 1.807) is 31.2 Å². The van der Waals surface area contributed by atoms with Crippen molar-refractivity contribution >= 4 is 29.4 Å². The van der Waals surface area contributed by atoms with Crippen molar-refractivity contribution in [2.24, 2.45) is 11.8 Å². The molecule has 1 fully saturated rings. The zero-order valence-electron chi connectivity index (χ0n) is 13.2. The molecular weight excluding hydrogens is 318 g/mol. The maximum Gasteiger partial charge on any atom is 0.411 e. The summed E-state index contributed by atoms with van der Waals surface area (Å²) in [5, 5.41) is 9.91. The van der Waals surface area contributed by atoms with Gasteiger partial charge in [0, 0.05) is 6.54 Å². The lowest BCUT2D eigenvalue weighted by molar-refractivity contribution is -0.149. The summed E-state index contributed by atoms with van der Waals surface area (Å²) in [6, 6.07) is 6.94. The van der Waals surface area contributed by atoms with E-state index in [0.29, 0.717) is 23.9 Å². The number of para-hydroxylation sites is 1. The molecular formula is C17H22ClNO4. The SMILES string of the molecule is CCOC(=O)C1CCC(CN(C(=O)O)c2ccccc2Cl)CC1. The van der Waals surface area contributed by atoms with Gasteiger partial charge in [0.1, 0.15) is 0 Å². The van der Waals surface area contributed by atoms with Crippen LogP contribution in [0.3, 0.4) is 0 Å². The Bertz CT molecular complexity index is 555. The van der Waals surface area contributed by atoms with Crippen LogP contribution in [0.4, 0.5) is 10.5 Å². The Hall–Kier alpha value is -1.75. The summed E-state index contributed by atoms with van der Waals surface area (Å²) in [4.78, 5) is 24.6. The summed E-state index contributed by atoms with van der Waals surface area (Å²) in [6.45, 7) is 2.60. The van der Waals surface area contributed by atoms with Gasteiger partial charge in [-0.3, -0.25) is 9.69 Å². The first-order chi connectivity index (χ1) is 11.0. The number of halogens is 1. The van der Waals surface area contributed by atoms with Crippen molar-refractivity contribution in [2.75, 3.05) is 18.1 Å². The highest BCUT2D eigenvalue weighted by atomic mass is 35.5. The summed E-state index contributed by atoms with van der Waals surface area (Å²) in [7, 11) is 0. The maximum absolute atomic E-state index is 11.8.